The summed E-state index contributed by atoms with van der Waals surface area (Å²) in [6, 6.07) is 2.34. The Hall–Kier alpha value is -1.87. The van der Waals surface area contributed by atoms with Crippen molar-refractivity contribution in [1.82, 2.24) is 0 Å². The van der Waals surface area contributed by atoms with Gasteiger partial charge >= 0.3 is 5.97 Å². The van der Waals surface area contributed by atoms with Crippen LogP contribution in [0.3, 0.4) is 0 Å². The maximum absolute atomic E-state index is 12.9. The first kappa shape index (κ1) is 21.8. The molecule has 2 aliphatic rings. The number of nitriles is 1. The maximum Gasteiger partial charge on any atom is 0.307 e. The molecule has 2 aliphatic carbocycles. The van der Waals surface area contributed by atoms with Crippen LogP contribution in [0.4, 0.5) is 5.00 Å². The monoisotopic (exact) mass is 416 g/mol. The highest BCUT2D eigenvalue weighted by atomic mass is 32.1. The van der Waals surface area contributed by atoms with Crippen LogP contribution >= 0.6 is 11.3 Å². The Morgan fingerprint density at radius 3 is 2.10 bits per heavy atom. The van der Waals surface area contributed by atoms with Crippen LogP contribution in [-0.4, -0.2) is 17.0 Å². The molecular weight excluding hydrogens is 384 g/mol. The third-order valence-electron chi connectivity index (χ3n) is 6.44. The molecule has 1 aromatic heterocycles. The normalized spacial score (nSPS) is 23.7. The number of carboxylic acid groups (broad SMARTS) is 1. The number of hydrogen-bond donors (Lipinski definition) is 2. The number of nitrogens with zero attached hydrogens (tertiary/aromatic N) is 1. The van der Waals surface area contributed by atoms with E-state index in [9.17, 15) is 20.0 Å². The molecule has 29 heavy (non-hydrogen) atoms. The van der Waals surface area contributed by atoms with Crippen molar-refractivity contribution >= 4 is 28.2 Å². The van der Waals surface area contributed by atoms with Gasteiger partial charge in [-0.25, -0.2) is 0 Å². The Bertz CT molecular complexity index is 765. The molecule has 2 N–H and O–H groups in total. The van der Waals surface area contributed by atoms with Crippen molar-refractivity contribution in [2.75, 3.05) is 5.32 Å². The van der Waals surface area contributed by atoms with E-state index in [4.69, 9.17) is 0 Å². The van der Waals surface area contributed by atoms with Crippen LogP contribution in [0.15, 0.2) is 0 Å². The zero-order valence-corrected chi connectivity index (χ0v) is 18.0. The van der Waals surface area contributed by atoms with Gasteiger partial charge in [0, 0.05) is 4.88 Å². The first-order valence-electron chi connectivity index (χ1n) is 11.2. The molecule has 1 fully saturated rings. The number of carbonyl (C=O) groups excluding carboxylic acids is 1. The molecule has 158 valence electrons. The average Bonchev–Trinajstić information content (AvgIpc) is 3.03. The van der Waals surface area contributed by atoms with Gasteiger partial charge in [-0.15, -0.1) is 11.3 Å². The van der Waals surface area contributed by atoms with Gasteiger partial charge < -0.3 is 10.4 Å². The van der Waals surface area contributed by atoms with Crippen molar-refractivity contribution in [1.29, 1.82) is 5.26 Å². The van der Waals surface area contributed by atoms with Crippen molar-refractivity contribution in [2.45, 2.75) is 89.9 Å². The zero-order chi connectivity index (χ0) is 20.6. The number of aliphatic carboxylic acids is 1. The number of nitrogens with one attached hydrogen (secondary N) is 1. The number of rotatable bonds is 3. The molecule has 3 rings (SSSR count). The minimum Gasteiger partial charge on any atom is -0.481 e. The Kier molecular flexibility index (Phi) is 8.11. The molecule has 2 unspecified atom stereocenters. The molecule has 1 saturated carbocycles. The minimum atomic E-state index is -0.886. The van der Waals surface area contributed by atoms with E-state index in [1.165, 1.54) is 54.7 Å². The number of carboxylic acids is 1. The van der Waals surface area contributed by atoms with Crippen LogP contribution in [-0.2, 0) is 22.4 Å². The molecule has 0 bridgehead atoms. The van der Waals surface area contributed by atoms with Gasteiger partial charge in [-0.3, -0.25) is 9.59 Å². The third kappa shape index (κ3) is 5.60. The highest BCUT2D eigenvalue weighted by Gasteiger charge is 2.36. The zero-order valence-electron chi connectivity index (χ0n) is 17.2. The van der Waals surface area contributed by atoms with Gasteiger partial charge in [-0.05, 0) is 44.1 Å². The lowest BCUT2D eigenvalue weighted by molar-refractivity contribution is -0.147. The summed E-state index contributed by atoms with van der Waals surface area (Å²) in [6.07, 6.45) is 14.5. The largest absolute Gasteiger partial charge is 0.481 e. The van der Waals surface area contributed by atoms with Gasteiger partial charge in [0.25, 0.3) is 0 Å². The predicted molar refractivity (Wildman–Crippen MR) is 115 cm³/mol. The lowest BCUT2D eigenvalue weighted by Gasteiger charge is -2.27. The number of hydrogen-bond acceptors (Lipinski definition) is 4. The second-order valence-corrected chi connectivity index (χ2v) is 9.58. The Morgan fingerprint density at radius 1 is 0.897 bits per heavy atom. The molecule has 1 amide bonds. The van der Waals surface area contributed by atoms with E-state index in [-0.39, 0.29) is 5.91 Å². The summed E-state index contributed by atoms with van der Waals surface area (Å²) in [5.41, 5.74) is 1.73. The molecule has 0 radical (unpaired) electrons. The van der Waals surface area contributed by atoms with E-state index in [1.54, 1.807) is 0 Å². The van der Waals surface area contributed by atoms with Crippen LogP contribution in [0.25, 0.3) is 0 Å². The van der Waals surface area contributed by atoms with Crippen LogP contribution in [0.5, 0.6) is 0 Å². The van der Waals surface area contributed by atoms with Crippen molar-refractivity contribution in [3.05, 3.63) is 16.0 Å². The fraction of sp³-hybridized carbons (Fsp3) is 0.696. The summed E-state index contributed by atoms with van der Waals surface area (Å²) in [5.74, 6) is -2.24. The number of aryl methyl sites for hydroxylation is 1. The summed E-state index contributed by atoms with van der Waals surface area (Å²) < 4.78 is 0. The molecule has 6 heteroatoms. The number of fused-ring (bicyclic) bond motifs is 1. The van der Waals surface area contributed by atoms with Gasteiger partial charge in [0.2, 0.25) is 5.91 Å². The summed E-state index contributed by atoms with van der Waals surface area (Å²) in [7, 11) is 0. The van der Waals surface area contributed by atoms with Crippen LogP contribution in [0, 0.1) is 23.2 Å². The van der Waals surface area contributed by atoms with Crippen molar-refractivity contribution in [3.8, 4) is 6.07 Å². The molecule has 1 aromatic rings. The third-order valence-corrected chi connectivity index (χ3v) is 7.65. The Morgan fingerprint density at radius 2 is 1.48 bits per heavy atom. The SMILES string of the molecule is N#Cc1c(NC(=O)C2CCCCC2C(=O)O)sc2c1CCCCCCCCCC2. The quantitative estimate of drug-likeness (QED) is 0.664. The van der Waals surface area contributed by atoms with Crippen molar-refractivity contribution < 1.29 is 14.7 Å². The fourth-order valence-corrected chi connectivity index (χ4v) is 6.02. The first-order chi connectivity index (χ1) is 14.1. The van der Waals surface area contributed by atoms with E-state index in [0.717, 1.165) is 44.1 Å². The van der Waals surface area contributed by atoms with E-state index >= 15 is 0 Å². The summed E-state index contributed by atoms with van der Waals surface area (Å²) >= 11 is 1.54. The first-order valence-corrected chi connectivity index (χ1v) is 12.0. The molecule has 2 atom stereocenters. The second-order valence-electron chi connectivity index (χ2n) is 8.47. The predicted octanol–water partition coefficient (Wildman–Crippen LogP) is 5.67. The molecular formula is C23H32N2O3S. The van der Waals surface area contributed by atoms with E-state index < -0.39 is 17.8 Å². The van der Waals surface area contributed by atoms with Crippen LogP contribution < -0.4 is 5.32 Å². The average molecular weight is 417 g/mol. The molecule has 1 heterocycles. The highest BCUT2D eigenvalue weighted by Crippen LogP contribution is 2.37. The summed E-state index contributed by atoms with van der Waals surface area (Å²) in [4.78, 5) is 25.7. The standard InChI is InChI=1S/C23H32N2O3S/c24-15-19-16-11-7-5-3-1-2-4-6-8-14-20(16)29-22(19)25-21(26)17-12-9-10-13-18(17)23(27)28/h17-18H,1-14H2,(H,25,26)(H,27,28). The number of thiophene rings is 1. The number of carbonyl (C=O) groups is 2. The topological polar surface area (TPSA) is 90.2 Å². The molecule has 0 aromatic carbocycles. The lowest BCUT2D eigenvalue weighted by atomic mass is 9.79. The van der Waals surface area contributed by atoms with Crippen LogP contribution in [0.2, 0.25) is 0 Å². The van der Waals surface area contributed by atoms with Gasteiger partial charge in [0.05, 0.1) is 17.4 Å². The number of amides is 1. The smallest absolute Gasteiger partial charge is 0.307 e. The Balaban J connectivity index is 1.79. The van der Waals surface area contributed by atoms with Crippen molar-refractivity contribution in [2.24, 2.45) is 11.8 Å². The maximum atomic E-state index is 12.9. The van der Waals surface area contributed by atoms with Gasteiger partial charge in [-0.1, -0.05) is 51.4 Å². The fourth-order valence-electron chi connectivity index (χ4n) is 4.78. The van der Waals surface area contributed by atoms with Crippen molar-refractivity contribution in [3.63, 3.8) is 0 Å². The van der Waals surface area contributed by atoms with Gasteiger partial charge in [0.15, 0.2) is 0 Å². The molecule has 0 saturated heterocycles. The summed E-state index contributed by atoms with van der Waals surface area (Å²) in [6.45, 7) is 0. The van der Waals surface area contributed by atoms with Crippen LogP contribution in [0.1, 0.15) is 93.1 Å². The van der Waals surface area contributed by atoms with Gasteiger partial charge in [0.1, 0.15) is 11.1 Å². The second kappa shape index (κ2) is 10.8. The highest BCUT2D eigenvalue weighted by molar-refractivity contribution is 7.16. The van der Waals surface area contributed by atoms with E-state index in [0.29, 0.717) is 23.4 Å². The molecule has 0 aliphatic heterocycles. The Labute approximate surface area is 177 Å². The molecule has 0 spiro atoms. The summed E-state index contributed by atoms with van der Waals surface area (Å²) in [5, 5.41) is 22.9. The lowest BCUT2D eigenvalue weighted by Crippen LogP contribution is -2.36. The molecule has 5 nitrogen and oxygen atoms in total. The van der Waals surface area contributed by atoms with Gasteiger partial charge in [-0.2, -0.15) is 5.26 Å². The minimum absolute atomic E-state index is 0.231. The number of anilines is 1. The van der Waals surface area contributed by atoms with E-state index in [2.05, 4.69) is 11.4 Å². The van der Waals surface area contributed by atoms with E-state index in [1.807, 2.05) is 0 Å².